The quantitative estimate of drug-likeness (QED) is 0.114. The second-order valence-corrected chi connectivity index (χ2v) is 11.1. The lowest BCUT2D eigenvalue weighted by Crippen LogP contribution is -3.00. The molecule has 0 fully saturated rings. The van der Waals surface area contributed by atoms with E-state index in [2.05, 4.69) is 60.7 Å². The summed E-state index contributed by atoms with van der Waals surface area (Å²) in [7, 11) is 0. The zero-order chi connectivity index (χ0) is 24.2. The molecule has 1 aliphatic rings. The third kappa shape index (κ3) is 16.3. The molecule has 2 nitrogen and oxygen atoms in total. The van der Waals surface area contributed by atoms with Gasteiger partial charge in [0.2, 0.25) is 0 Å². The number of aromatic nitrogens is 1. The van der Waals surface area contributed by atoms with Crippen molar-refractivity contribution in [3.63, 3.8) is 0 Å². The predicted molar refractivity (Wildman–Crippen MR) is 157 cm³/mol. The van der Waals surface area contributed by atoms with Crippen LogP contribution in [0.4, 0.5) is 0 Å². The average Bonchev–Trinajstić information content (AvgIpc) is 2.88. The number of hydrogen-bond donors (Lipinski definition) is 2. The predicted octanol–water partition coefficient (Wildman–Crippen LogP) is 2.34. The highest BCUT2D eigenvalue weighted by atomic mass is 79.9. The van der Waals surface area contributed by atoms with Crippen LogP contribution in [0.5, 0.6) is 0 Å². The molecule has 0 saturated heterocycles. The molecule has 0 amide bonds. The fraction of sp³-hybridized carbons (Fsp3) is 0.700. The summed E-state index contributed by atoms with van der Waals surface area (Å²) in [6, 6.07) is 4.37. The Morgan fingerprint density at radius 3 is 1.42 bits per heavy atom. The summed E-state index contributed by atoms with van der Waals surface area (Å²) < 4.78 is 1.16. The third-order valence-corrected chi connectivity index (χ3v) is 7.95. The molecule has 36 heavy (non-hydrogen) atoms. The summed E-state index contributed by atoms with van der Waals surface area (Å²) >= 11 is 8.63. The van der Waals surface area contributed by atoms with Crippen LogP contribution in [0, 0.1) is 0 Å². The van der Waals surface area contributed by atoms with Gasteiger partial charge >= 0.3 is 0 Å². The Kier molecular flexibility index (Phi) is 24.5. The zero-order valence-corrected chi connectivity index (χ0v) is 27.4. The van der Waals surface area contributed by atoms with Crippen molar-refractivity contribution in [2.75, 3.05) is 31.1 Å². The van der Waals surface area contributed by atoms with Gasteiger partial charge in [-0.25, -0.2) is 4.98 Å². The Morgan fingerprint density at radius 2 is 1.03 bits per heavy atom. The number of nitrogens with one attached hydrogen (secondary N) is 1. The number of quaternary nitrogens is 1. The van der Waals surface area contributed by atoms with E-state index in [9.17, 15) is 0 Å². The molecule has 6 heteroatoms. The molecule has 0 saturated carbocycles. The number of hydrogen-bond acceptors (Lipinski definition) is 2. The van der Waals surface area contributed by atoms with Gasteiger partial charge in [-0.2, -0.15) is 25.3 Å². The standard InChI is InChI=1S/C30H50N2S2.2BrH/c33-27-15-11-7-3-1-5-9-13-23-32(24-14-10-6-2-4-8-12-16-28-34)25-19-30(20-26-32)29-17-21-31-22-18-29;;/h17-22,25H,1-16,23-24,26-28H2,(H-,33,34);2*1H. The maximum Gasteiger partial charge on any atom is 0.167 e. The number of H-pyrrole nitrogens is 1. The molecular weight excluding hydrogens is 612 g/mol. The van der Waals surface area contributed by atoms with Crippen LogP contribution in [-0.4, -0.2) is 35.6 Å². The summed E-state index contributed by atoms with van der Waals surface area (Å²) in [6.45, 7) is 3.75. The van der Waals surface area contributed by atoms with Gasteiger partial charge in [0.05, 0.1) is 19.3 Å². The van der Waals surface area contributed by atoms with E-state index in [1.165, 1.54) is 127 Å². The van der Waals surface area contributed by atoms with Crippen LogP contribution in [0.2, 0.25) is 0 Å². The van der Waals surface area contributed by atoms with E-state index >= 15 is 0 Å². The Hall–Kier alpha value is 0.250. The molecule has 1 N–H and O–H groups in total. The number of aromatic amines is 1. The first kappa shape index (κ1) is 36.2. The van der Waals surface area contributed by atoms with E-state index in [-0.39, 0.29) is 34.0 Å². The number of halogens is 2. The Bertz CT molecular complexity index is 661. The molecule has 0 radical (unpaired) electrons. The van der Waals surface area contributed by atoms with Crippen molar-refractivity contribution in [3.8, 4) is 0 Å². The summed E-state index contributed by atoms with van der Waals surface area (Å²) in [6.07, 6.45) is 33.4. The van der Waals surface area contributed by atoms with Crippen molar-refractivity contribution in [2.45, 2.75) is 103 Å². The minimum Gasteiger partial charge on any atom is -1.00 e. The Labute approximate surface area is 255 Å². The first-order valence-electron chi connectivity index (χ1n) is 14.2. The zero-order valence-electron chi connectivity index (χ0n) is 22.5. The molecule has 0 bridgehead atoms. The van der Waals surface area contributed by atoms with E-state index in [0.717, 1.165) is 22.5 Å². The van der Waals surface area contributed by atoms with Crippen molar-refractivity contribution in [1.29, 1.82) is 0 Å². The van der Waals surface area contributed by atoms with Crippen molar-refractivity contribution >= 4 is 30.8 Å². The largest absolute Gasteiger partial charge is 1.00 e. The Balaban J connectivity index is 0.00000612. The smallest absolute Gasteiger partial charge is 0.167 e. The van der Waals surface area contributed by atoms with Crippen LogP contribution in [0.3, 0.4) is 0 Å². The summed E-state index contributed by atoms with van der Waals surface area (Å²) in [5.74, 6) is 2.09. The lowest BCUT2D eigenvalue weighted by molar-refractivity contribution is -0.874. The van der Waals surface area contributed by atoms with E-state index in [0.29, 0.717) is 0 Å². The van der Waals surface area contributed by atoms with Gasteiger partial charge in [0.25, 0.3) is 0 Å². The summed E-state index contributed by atoms with van der Waals surface area (Å²) in [5.41, 5.74) is 2.70. The van der Waals surface area contributed by atoms with E-state index in [1.807, 2.05) is 12.4 Å². The molecule has 0 unspecified atom stereocenters. The second kappa shape index (κ2) is 24.3. The van der Waals surface area contributed by atoms with E-state index in [4.69, 9.17) is 0 Å². The van der Waals surface area contributed by atoms with Gasteiger partial charge in [0.1, 0.15) is 6.54 Å². The number of nitrogens with zero attached hydrogens (tertiary/aromatic N) is 1. The normalized spacial score (nSPS) is 14.1. The van der Waals surface area contributed by atoms with Crippen LogP contribution in [-0.2, 0) is 0 Å². The molecule has 2 heterocycles. The van der Waals surface area contributed by atoms with Gasteiger partial charge in [-0.3, -0.25) is 4.48 Å². The highest BCUT2D eigenvalue weighted by Crippen LogP contribution is 2.25. The van der Waals surface area contributed by atoms with Gasteiger partial charge in [0, 0.05) is 12.1 Å². The van der Waals surface area contributed by atoms with Crippen LogP contribution < -0.4 is 38.9 Å². The molecular formula is C30H52Br2N2S2. The van der Waals surface area contributed by atoms with Gasteiger partial charge in [-0.1, -0.05) is 64.2 Å². The van der Waals surface area contributed by atoms with Gasteiger partial charge < -0.3 is 34.0 Å². The molecule has 2 rings (SSSR count). The lowest BCUT2D eigenvalue weighted by atomic mass is 10.0. The summed E-state index contributed by atoms with van der Waals surface area (Å²) in [5, 5.41) is 0. The molecule has 1 aliphatic heterocycles. The van der Waals surface area contributed by atoms with Crippen molar-refractivity contribution in [2.24, 2.45) is 0 Å². The highest BCUT2D eigenvalue weighted by molar-refractivity contribution is 7.80. The first-order valence-corrected chi connectivity index (χ1v) is 15.5. The third-order valence-electron chi connectivity index (χ3n) is 7.32. The topological polar surface area (TPSA) is 14.1 Å². The molecule has 0 aliphatic carbocycles. The van der Waals surface area contributed by atoms with Gasteiger partial charge in [0.15, 0.2) is 12.4 Å². The molecule has 0 aromatic carbocycles. The molecule has 1 aromatic heterocycles. The fourth-order valence-electron chi connectivity index (χ4n) is 5.08. The summed E-state index contributed by atoms with van der Waals surface area (Å²) in [4.78, 5) is 3.14. The minimum absolute atomic E-state index is 0. The lowest BCUT2D eigenvalue weighted by Gasteiger charge is -2.36. The van der Waals surface area contributed by atoms with Crippen LogP contribution in [0.15, 0.2) is 42.9 Å². The maximum absolute atomic E-state index is 4.32. The number of rotatable bonds is 21. The van der Waals surface area contributed by atoms with Crippen molar-refractivity contribution in [3.05, 3.63) is 48.4 Å². The van der Waals surface area contributed by atoms with Crippen molar-refractivity contribution < 1.29 is 43.4 Å². The van der Waals surface area contributed by atoms with Crippen molar-refractivity contribution in [1.82, 2.24) is 0 Å². The number of thiol groups is 2. The minimum atomic E-state index is 0. The van der Waals surface area contributed by atoms with E-state index in [1.54, 1.807) is 0 Å². The van der Waals surface area contributed by atoms with Crippen LogP contribution >= 0.6 is 25.3 Å². The molecule has 1 aromatic rings. The molecule has 0 atom stereocenters. The van der Waals surface area contributed by atoms with E-state index < -0.39 is 0 Å². The number of allylic oxidation sites excluding steroid dienone is 2. The first-order chi connectivity index (χ1) is 16.8. The number of unbranched alkanes of at least 4 members (excludes halogenated alkanes) is 14. The average molecular weight is 665 g/mol. The monoisotopic (exact) mass is 662 g/mol. The fourth-order valence-corrected chi connectivity index (χ4v) is 5.53. The molecule has 208 valence electrons. The highest BCUT2D eigenvalue weighted by Gasteiger charge is 2.26. The Morgan fingerprint density at radius 1 is 0.611 bits per heavy atom. The SMILES string of the molecule is SCCCCCCCCCC[N+]1(CCCCCCCCCCS)C=CC(c2cc[nH+]cc2)=CC1.[Br-].[Br-]. The molecule has 0 spiro atoms. The van der Waals surface area contributed by atoms with Crippen LogP contribution in [0.1, 0.15) is 108 Å². The second-order valence-electron chi connectivity index (χ2n) is 10.2. The van der Waals surface area contributed by atoms with Gasteiger partial charge in [-0.15, -0.1) is 0 Å². The van der Waals surface area contributed by atoms with Crippen LogP contribution in [0.25, 0.3) is 5.57 Å². The maximum atomic E-state index is 4.32. The van der Waals surface area contributed by atoms with Gasteiger partial charge in [-0.05, 0) is 73.3 Å². The number of pyridine rings is 1.